The lowest BCUT2D eigenvalue weighted by Crippen LogP contribution is -2.45. The zero-order chi connectivity index (χ0) is 29.5. The Morgan fingerprint density at radius 2 is 1.77 bits per heavy atom. The van der Waals surface area contributed by atoms with Crippen molar-refractivity contribution in [1.82, 2.24) is 19.4 Å². The van der Waals surface area contributed by atoms with Crippen molar-refractivity contribution in [2.24, 2.45) is 0 Å². The van der Waals surface area contributed by atoms with Crippen LogP contribution in [0.4, 0.5) is 0 Å². The smallest absolute Gasteiger partial charge is 0.337 e. The first-order chi connectivity index (χ1) is 20.9. The lowest BCUT2D eigenvalue weighted by molar-refractivity contribution is -0.0592. The van der Waals surface area contributed by atoms with Gasteiger partial charge in [-0.1, -0.05) is 41.4 Å². The Labute approximate surface area is 259 Å². The third-order valence-corrected chi connectivity index (χ3v) is 9.00. The number of carbonyl (C=O) groups is 1. The topological polar surface area (TPSA) is 73.0 Å². The summed E-state index contributed by atoms with van der Waals surface area (Å²) in [7, 11) is 1.40. The maximum absolute atomic E-state index is 12.2. The van der Waals surface area contributed by atoms with E-state index in [1.807, 2.05) is 30.3 Å². The number of esters is 1. The standard InChI is InChI=1S/C33H32Cl2N4O4/c1-41-33(40)23-4-7-29-30(15-23)39(19-25-8-13-42-25)32(36-29)20-38-11-9-37(10-12-38)18-26-14-22-3-2-21(16-31(22)43-26)27-6-5-24(34)17-28(27)35/h2-7,14-17,25H,8-13,18-20H2,1H3. The van der Waals surface area contributed by atoms with Crippen LogP contribution in [-0.2, 0) is 29.1 Å². The van der Waals surface area contributed by atoms with E-state index in [-0.39, 0.29) is 12.1 Å². The Bertz CT molecular complexity index is 1800. The molecule has 10 heteroatoms. The molecule has 222 valence electrons. The minimum absolute atomic E-state index is 0.179. The largest absolute Gasteiger partial charge is 0.465 e. The van der Waals surface area contributed by atoms with Gasteiger partial charge in [-0.3, -0.25) is 9.80 Å². The number of hydrogen-bond acceptors (Lipinski definition) is 7. The zero-order valence-electron chi connectivity index (χ0n) is 23.9. The SMILES string of the molecule is COC(=O)c1ccc2nc(CN3CCN(Cc4cc5ccc(-c6ccc(Cl)cc6Cl)cc5o4)CC3)n(CC3CCO3)c2c1. The summed E-state index contributed by atoms with van der Waals surface area (Å²) >= 11 is 12.5. The molecule has 2 aliphatic heterocycles. The van der Waals surface area contributed by atoms with Gasteiger partial charge in [0.15, 0.2) is 0 Å². The van der Waals surface area contributed by atoms with Crippen molar-refractivity contribution >= 4 is 51.2 Å². The van der Waals surface area contributed by atoms with E-state index >= 15 is 0 Å². The van der Waals surface area contributed by atoms with E-state index in [1.165, 1.54) is 7.11 Å². The Morgan fingerprint density at radius 1 is 0.977 bits per heavy atom. The third-order valence-electron chi connectivity index (χ3n) is 8.45. The number of benzene rings is 3. The molecule has 2 aliphatic rings. The van der Waals surface area contributed by atoms with Crippen LogP contribution in [0, 0.1) is 0 Å². The highest BCUT2D eigenvalue weighted by molar-refractivity contribution is 6.36. The Hall–Kier alpha value is -3.40. The summed E-state index contributed by atoms with van der Waals surface area (Å²) in [4.78, 5) is 22.0. The second kappa shape index (κ2) is 11.9. The number of ether oxygens (including phenoxy) is 2. The highest BCUT2D eigenvalue weighted by atomic mass is 35.5. The van der Waals surface area contributed by atoms with Gasteiger partial charge in [0.2, 0.25) is 0 Å². The van der Waals surface area contributed by atoms with E-state index in [1.54, 1.807) is 12.1 Å². The van der Waals surface area contributed by atoms with Gasteiger partial charge in [0.05, 0.1) is 49.4 Å². The summed E-state index contributed by atoms with van der Waals surface area (Å²) in [5, 5.41) is 2.31. The van der Waals surface area contributed by atoms with Crippen molar-refractivity contribution in [1.29, 1.82) is 0 Å². The summed E-state index contributed by atoms with van der Waals surface area (Å²) in [5.74, 6) is 1.60. The normalized spacial score (nSPS) is 17.9. The van der Waals surface area contributed by atoms with Crippen LogP contribution in [0.3, 0.4) is 0 Å². The van der Waals surface area contributed by atoms with Crippen LogP contribution in [0.2, 0.25) is 10.0 Å². The molecule has 0 aliphatic carbocycles. The highest BCUT2D eigenvalue weighted by Crippen LogP contribution is 2.33. The summed E-state index contributed by atoms with van der Waals surface area (Å²) in [6, 6.07) is 19.4. The molecule has 2 saturated heterocycles. The quantitative estimate of drug-likeness (QED) is 0.180. The van der Waals surface area contributed by atoms with Crippen molar-refractivity contribution in [3.63, 3.8) is 0 Å². The van der Waals surface area contributed by atoms with Crippen molar-refractivity contribution < 1.29 is 18.7 Å². The van der Waals surface area contributed by atoms with Crippen molar-refractivity contribution in [2.45, 2.75) is 32.2 Å². The first-order valence-corrected chi connectivity index (χ1v) is 15.3. The molecule has 0 N–H and O–H groups in total. The lowest BCUT2D eigenvalue weighted by Gasteiger charge is -2.34. The van der Waals surface area contributed by atoms with E-state index in [0.717, 1.165) is 104 Å². The second-order valence-corrected chi connectivity index (χ2v) is 12.1. The predicted octanol–water partition coefficient (Wildman–Crippen LogP) is 6.65. The van der Waals surface area contributed by atoms with Gasteiger partial charge in [-0.15, -0.1) is 0 Å². The van der Waals surface area contributed by atoms with E-state index < -0.39 is 0 Å². The average molecular weight is 620 g/mol. The molecule has 1 atom stereocenters. The first kappa shape index (κ1) is 28.4. The summed E-state index contributed by atoms with van der Waals surface area (Å²) < 4.78 is 19.2. The minimum Gasteiger partial charge on any atom is -0.465 e. The molecule has 2 aromatic heterocycles. The van der Waals surface area contributed by atoms with Gasteiger partial charge in [0.25, 0.3) is 0 Å². The molecule has 43 heavy (non-hydrogen) atoms. The van der Waals surface area contributed by atoms with Crippen LogP contribution in [0.1, 0.15) is 28.4 Å². The van der Waals surface area contributed by atoms with Crippen LogP contribution >= 0.6 is 23.2 Å². The van der Waals surface area contributed by atoms with Gasteiger partial charge < -0.3 is 18.5 Å². The maximum atomic E-state index is 12.2. The van der Waals surface area contributed by atoms with E-state index in [4.69, 9.17) is 42.1 Å². The molecular weight excluding hydrogens is 587 g/mol. The molecule has 7 rings (SSSR count). The number of furan rings is 1. The number of nitrogens with zero attached hydrogens (tertiary/aromatic N) is 4. The fourth-order valence-electron chi connectivity index (χ4n) is 5.96. The molecule has 5 aromatic rings. The Kier molecular flexibility index (Phi) is 7.88. The molecule has 0 bridgehead atoms. The molecule has 8 nitrogen and oxygen atoms in total. The fourth-order valence-corrected chi connectivity index (χ4v) is 6.47. The first-order valence-electron chi connectivity index (χ1n) is 14.6. The summed E-state index contributed by atoms with van der Waals surface area (Å²) in [5.41, 5.74) is 5.13. The van der Waals surface area contributed by atoms with E-state index in [0.29, 0.717) is 15.6 Å². The summed E-state index contributed by atoms with van der Waals surface area (Å²) in [6.45, 7) is 6.74. The van der Waals surface area contributed by atoms with Gasteiger partial charge in [-0.2, -0.15) is 0 Å². The van der Waals surface area contributed by atoms with E-state index in [9.17, 15) is 4.79 Å². The van der Waals surface area contributed by atoms with Crippen molar-refractivity contribution in [3.8, 4) is 11.1 Å². The van der Waals surface area contributed by atoms with Crippen LogP contribution in [-0.4, -0.2) is 71.3 Å². The Balaban J connectivity index is 1.02. The fraction of sp³-hybridized carbons (Fsp3) is 0.333. The molecule has 0 spiro atoms. The number of methoxy groups -OCH3 is 1. The molecule has 0 saturated carbocycles. The molecule has 4 heterocycles. The third kappa shape index (κ3) is 5.90. The molecular formula is C33H32Cl2N4O4. The monoisotopic (exact) mass is 618 g/mol. The number of imidazole rings is 1. The summed E-state index contributed by atoms with van der Waals surface area (Å²) in [6.07, 6.45) is 1.21. The van der Waals surface area contributed by atoms with Crippen LogP contribution in [0.15, 0.2) is 65.1 Å². The molecule has 3 aromatic carbocycles. The lowest BCUT2D eigenvalue weighted by atomic mass is 10.0. The number of carbonyl (C=O) groups excluding carboxylic acids is 1. The van der Waals surface area contributed by atoms with Crippen LogP contribution in [0.5, 0.6) is 0 Å². The number of fused-ring (bicyclic) bond motifs is 2. The van der Waals surface area contributed by atoms with E-state index in [2.05, 4.69) is 32.6 Å². The molecule has 1 unspecified atom stereocenters. The Morgan fingerprint density at radius 3 is 2.49 bits per heavy atom. The number of piperazine rings is 1. The van der Waals surface area contributed by atoms with Gasteiger partial charge in [0, 0.05) is 53.8 Å². The van der Waals surface area contributed by atoms with Crippen molar-refractivity contribution in [2.75, 3.05) is 39.9 Å². The number of rotatable bonds is 8. The molecule has 2 fully saturated rings. The highest BCUT2D eigenvalue weighted by Gasteiger charge is 2.25. The number of halogens is 2. The van der Waals surface area contributed by atoms with Gasteiger partial charge in [-0.05, 0) is 54.4 Å². The van der Waals surface area contributed by atoms with Gasteiger partial charge in [-0.25, -0.2) is 9.78 Å². The molecule has 0 radical (unpaired) electrons. The average Bonchev–Trinajstić information content (AvgIpc) is 3.54. The number of hydrogen-bond donors (Lipinski definition) is 0. The number of aromatic nitrogens is 2. The van der Waals surface area contributed by atoms with Crippen LogP contribution in [0.25, 0.3) is 33.1 Å². The molecule has 0 amide bonds. The van der Waals surface area contributed by atoms with Gasteiger partial charge >= 0.3 is 5.97 Å². The van der Waals surface area contributed by atoms with Gasteiger partial charge in [0.1, 0.15) is 17.2 Å². The zero-order valence-corrected chi connectivity index (χ0v) is 25.4. The maximum Gasteiger partial charge on any atom is 0.337 e. The van der Waals surface area contributed by atoms with Crippen molar-refractivity contribution in [3.05, 3.63) is 87.9 Å². The van der Waals surface area contributed by atoms with Crippen LogP contribution < -0.4 is 0 Å². The predicted molar refractivity (Wildman–Crippen MR) is 168 cm³/mol. The minimum atomic E-state index is -0.344. The second-order valence-electron chi connectivity index (χ2n) is 11.3.